The molecule has 1 heterocycles. The van der Waals surface area contributed by atoms with Gasteiger partial charge in [-0.1, -0.05) is 6.07 Å². The van der Waals surface area contributed by atoms with E-state index in [1.807, 2.05) is 12.1 Å². The number of nitrogens with one attached hydrogen (secondary N) is 1. The summed E-state index contributed by atoms with van der Waals surface area (Å²) in [6.45, 7) is 1.78. The number of hydrogen-bond donors (Lipinski definition) is 1. The molecule has 0 aliphatic heterocycles. The first kappa shape index (κ1) is 10.5. The lowest BCUT2D eigenvalue weighted by Gasteiger charge is -2.02. The van der Waals surface area contributed by atoms with Gasteiger partial charge in [0.15, 0.2) is 12.0 Å². The van der Waals surface area contributed by atoms with E-state index in [1.165, 1.54) is 12.0 Å². The van der Waals surface area contributed by atoms with Crippen LogP contribution in [0.25, 0.3) is 11.1 Å². The van der Waals surface area contributed by atoms with Gasteiger partial charge in [0, 0.05) is 12.4 Å². The Labute approximate surface area is 93.4 Å². The molecule has 0 saturated heterocycles. The van der Waals surface area contributed by atoms with Gasteiger partial charge in [-0.3, -0.25) is 0 Å². The van der Waals surface area contributed by atoms with Crippen LogP contribution in [-0.4, -0.2) is 17.4 Å². The van der Waals surface area contributed by atoms with Crippen molar-refractivity contribution in [3.8, 4) is 0 Å². The van der Waals surface area contributed by atoms with Crippen LogP contribution in [0.2, 0.25) is 0 Å². The lowest BCUT2D eigenvalue weighted by molar-refractivity contribution is 0.601. The zero-order chi connectivity index (χ0) is 10.5. The van der Waals surface area contributed by atoms with Gasteiger partial charge in [0.2, 0.25) is 0 Å². The summed E-state index contributed by atoms with van der Waals surface area (Å²) >= 11 is 5.58. The van der Waals surface area contributed by atoms with Gasteiger partial charge in [-0.15, -0.1) is 11.6 Å². The molecule has 0 saturated carbocycles. The maximum absolute atomic E-state index is 5.58. The molecule has 0 atom stereocenters. The highest BCUT2D eigenvalue weighted by atomic mass is 35.5. The molecule has 80 valence electrons. The molecule has 0 aliphatic carbocycles. The Morgan fingerprint density at radius 1 is 1.40 bits per heavy atom. The van der Waals surface area contributed by atoms with Crippen molar-refractivity contribution in [2.75, 3.05) is 12.4 Å². The number of rotatable bonds is 5. The minimum Gasteiger partial charge on any atom is -0.443 e. The summed E-state index contributed by atoms with van der Waals surface area (Å²) in [5.74, 6) is 0.703. The summed E-state index contributed by atoms with van der Waals surface area (Å²) in [4.78, 5) is 4.07. The number of alkyl halides is 1. The van der Waals surface area contributed by atoms with E-state index in [4.69, 9.17) is 16.0 Å². The van der Waals surface area contributed by atoms with Crippen molar-refractivity contribution in [1.29, 1.82) is 0 Å². The van der Waals surface area contributed by atoms with Crippen molar-refractivity contribution in [3.63, 3.8) is 0 Å². The Morgan fingerprint density at radius 3 is 3.20 bits per heavy atom. The van der Waals surface area contributed by atoms with Crippen LogP contribution in [0.3, 0.4) is 0 Å². The van der Waals surface area contributed by atoms with Gasteiger partial charge < -0.3 is 9.73 Å². The third-order valence-electron chi connectivity index (χ3n) is 2.21. The molecular formula is C11H13ClN2O. The third-order valence-corrected chi connectivity index (χ3v) is 2.48. The number of hydrogen-bond acceptors (Lipinski definition) is 3. The van der Waals surface area contributed by atoms with Crippen LogP contribution in [0.4, 0.5) is 0 Å². The third kappa shape index (κ3) is 2.70. The largest absolute Gasteiger partial charge is 0.443 e. The molecule has 0 fully saturated rings. The summed E-state index contributed by atoms with van der Waals surface area (Å²) in [7, 11) is 0. The second-order valence-electron chi connectivity index (χ2n) is 3.37. The van der Waals surface area contributed by atoms with Gasteiger partial charge in [0.05, 0.1) is 0 Å². The van der Waals surface area contributed by atoms with Crippen LogP contribution in [-0.2, 0) is 6.54 Å². The van der Waals surface area contributed by atoms with Crippen molar-refractivity contribution < 1.29 is 4.42 Å². The standard InChI is InChI=1S/C11H13ClN2O/c12-4-1-5-13-7-9-2-3-10-11(6-9)15-8-14-10/h2-3,6,8,13H,1,4-5,7H2. The quantitative estimate of drug-likeness (QED) is 0.627. The van der Waals surface area contributed by atoms with Gasteiger partial charge in [-0.2, -0.15) is 0 Å². The number of fused-ring (bicyclic) bond motifs is 1. The average molecular weight is 225 g/mol. The molecular weight excluding hydrogens is 212 g/mol. The minimum atomic E-state index is 0.703. The zero-order valence-electron chi connectivity index (χ0n) is 8.37. The van der Waals surface area contributed by atoms with Crippen LogP contribution >= 0.6 is 11.6 Å². The number of nitrogens with zero attached hydrogens (tertiary/aromatic N) is 1. The first-order valence-electron chi connectivity index (χ1n) is 4.99. The normalized spacial score (nSPS) is 11.0. The SMILES string of the molecule is ClCCCNCc1ccc2ncoc2c1. The Hall–Kier alpha value is -1.06. The molecule has 1 aromatic heterocycles. The second-order valence-corrected chi connectivity index (χ2v) is 3.75. The first-order valence-corrected chi connectivity index (χ1v) is 5.52. The highest BCUT2D eigenvalue weighted by Crippen LogP contribution is 2.13. The summed E-state index contributed by atoms with van der Waals surface area (Å²) in [6, 6.07) is 6.03. The predicted molar refractivity (Wildman–Crippen MR) is 61.1 cm³/mol. The summed E-state index contributed by atoms with van der Waals surface area (Å²) < 4.78 is 5.23. The van der Waals surface area contributed by atoms with Crippen molar-refractivity contribution >= 4 is 22.7 Å². The average Bonchev–Trinajstić information content (AvgIpc) is 2.71. The fourth-order valence-electron chi connectivity index (χ4n) is 1.43. The Kier molecular flexibility index (Phi) is 3.59. The molecule has 1 aromatic carbocycles. The number of aromatic nitrogens is 1. The summed E-state index contributed by atoms with van der Waals surface area (Å²) in [6.07, 6.45) is 2.46. The molecule has 15 heavy (non-hydrogen) atoms. The topological polar surface area (TPSA) is 38.1 Å². The molecule has 0 bridgehead atoms. The van der Waals surface area contributed by atoms with Crippen LogP contribution in [0.1, 0.15) is 12.0 Å². The van der Waals surface area contributed by atoms with E-state index in [0.717, 1.165) is 30.6 Å². The first-order chi connectivity index (χ1) is 7.40. The molecule has 0 unspecified atom stereocenters. The predicted octanol–water partition coefficient (Wildman–Crippen LogP) is 2.55. The molecule has 0 aliphatic rings. The van der Waals surface area contributed by atoms with Crippen molar-refractivity contribution in [2.24, 2.45) is 0 Å². The van der Waals surface area contributed by atoms with Gasteiger partial charge in [-0.25, -0.2) is 4.98 Å². The van der Waals surface area contributed by atoms with Crippen molar-refractivity contribution in [1.82, 2.24) is 10.3 Å². The van der Waals surface area contributed by atoms with Crippen LogP contribution in [0.15, 0.2) is 29.0 Å². The molecule has 4 heteroatoms. The van der Waals surface area contributed by atoms with Crippen LogP contribution in [0.5, 0.6) is 0 Å². The lowest BCUT2D eigenvalue weighted by atomic mass is 10.2. The van der Waals surface area contributed by atoms with Gasteiger partial charge in [0.25, 0.3) is 0 Å². The maximum atomic E-state index is 5.58. The highest BCUT2D eigenvalue weighted by Gasteiger charge is 1.99. The van der Waals surface area contributed by atoms with E-state index in [1.54, 1.807) is 0 Å². The smallest absolute Gasteiger partial charge is 0.181 e. The molecule has 1 N–H and O–H groups in total. The van der Waals surface area contributed by atoms with E-state index < -0.39 is 0 Å². The van der Waals surface area contributed by atoms with Crippen molar-refractivity contribution in [2.45, 2.75) is 13.0 Å². The van der Waals surface area contributed by atoms with Crippen LogP contribution < -0.4 is 5.32 Å². The van der Waals surface area contributed by atoms with Gasteiger partial charge in [-0.05, 0) is 30.7 Å². The molecule has 0 spiro atoms. The monoisotopic (exact) mass is 224 g/mol. The highest BCUT2D eigenvalue weighted by molar-refractivity contribution is 6.17. The summed E-state index contributed by atoms with van der Waals surface area (Å²) in [5, 5.41) is 3.31. The van der Waals surface area contributed by atoms with E-state index in [-0.39, 0.29) is 0 Å². The Bertz CT molecular complexity index is 427. The molecule has 0 amide bonds. The summed E-state index contributed by atoms with van der Waals surface area (Å²) in [5.41, 5.74) is 2.94. The van der Waals surface area contributed by atoms with E-state index >= 15 is 0 Å². The molecule has 2 aromatic rings. The fraction of sp³-hybridized carbons (Fsp3) is 0.364. The van der Waals surface area contributed by atoms with Gasteiger partial charge in [0.1, 0.15) is 5.52 Å². The second kappa shape index (κ2) is 5.14. The van der Waals surface area contributed by atoms with E-state index in [9.17, 15) is 0 Å². The number of benzene rings is 1. The molecule has 2 rings (SSSR count). The van der Waals surface area contributed by atoms with Crippen molar-refractivity contribution in [3.05, 3.63) is 30.2 Å². The van der Waals surface area contributed by atoms with E-state index in [2.05, 4.69) is 16.4 Å². The Morgan fingerprint density at radius 2 is 2.33 bits per heavy atom. The Balaban J connectivity index is 1.96. The van der Waals surface area contributed by atoms with E-state index in [0.29, 0.717) is 5.88 Å². The minimum absolute atomic E-state index is 0.703. The maximum Gasteiger partial charge on any atom is 0.181 e. The molecule has 3 nitrogen and oxygen atoms in total. The molecule has 0 radical (unpaired) electrons. The number of halogens is 1. The van der Waals surface area contributed by atoms with Crippen LogP contribution in [0, 0.1) is 0 Å². The zero-order valence-corrected chi connectivity index (χ0v) is 9.13. The van der Waals surface area contributed by atoms with Gasteiger partial charge >= 0.3 is 0 Å². The fourth-order valence-corrected chi connectivity index (χ4v) is 1.57. The lowest BCUT2D eigenvalue weighted by Crippen LogP contribution is -2.14. The number of oxazole rings is 1.